The van der Waals surface area contributed by atoms with Gasteiger partial charge in [0.05, 0.1) is 11.3 Å². The summed E-state index contributed by atoms with van der Waals surface area (Å²) in [7, 11) is -3.66. The van der Waals surface area contributed by atoms with Gasteiger partial charge < -0.3 is 0 Å². The van der Waals surface area contributed by atoms with Crippen molar-refractivity contribution in [3.05, 3.63) is 68.0 Å². The zero-order valence-corrected chi connectivity index (χ0v) is 20.6. The van der Waals surface area contributed by atoms with E-state index in [1.807, 2.05) is 25.1 Å². The molecule has 0 unspecified atom stereocenters. The zero-order valence-electron chi connectivity index (χ0n) is 17.5. The summed E-state index contributed by atoms with van der Waals surface area (Å²) < 4.78 is 27.6. The van der Waals surface area contributed by atoms with Gasteiger partial charge in [-0.2, -0.15) is 0 Å². The van der Waals surface area contributed by atoms with Crippen LogP contribution in [0.4, 0.5) is 0 Å². The smallest absolute Gasteiger partial charge is 0.266 e. The molecule has 4 nitrogen and oxygen atoms in total. The number of nitrogens with one attached hydrogen (secondary N) is 1. The normalized spacial score (nSPS) is 11.7. The maximum Gasteiger partial charge on any atom is 0.266 e. The number of sulfonamides is 1. The van der Waals surface area contributed by atoms with Crippen molar-refractivity contribution in [3.63, 3.8) is 0 Å². The van der Waals surface area contributed by atoms with Crippen LogP contribution in [-0.2, 0) is 22.9 Å². The number of unbranched alkanes of at least 4 members (excludes halogenated alkanes) is 2. The summed E-state index contributed by atoms with van der Waals surface area (Å²) in [5.74, 6) is -0.630. The van der Waals surface area contributed by atoms with Gasteiger partial charge in [-0.25, -0.2) is 13.1 Å². The number of rotatable bonds is 9. The standard InChI is InChI=1S/C23H25Cl2NO3S2/c1-3-5-6-12-31(28,29)26-23(27)19-9-7-8-18-17(4-2)21(30-22(18)19)13-15-10-11-16(24)14-20(15)25/h7-11,14H,3-6,12-13H2,1-2H3,(H,26,27). The molecule has 3 aromatic rings. The van der Waals surface area contributed by atoms with E-state index in [0.717, 1.165) is 45.4 Å². The first-order valence-corrected chi connectivity index (χ1v) is 13.5. The summed E-state index contributed by atoms with van der Waals surface area (Å²) in [5, 5.41) is 2.16. The Bertz CT molecular complexity index is 1200. The monoisotopic (exact) mass is 497 g/mol. The predicted octanol–water partition coefficient (Wildman–Crippen LogP) is 6.61. The van der Waals surface area contributed by atoms with E-state index in [1.54, 1.807) is 18.2 Å². The first kappa shape index (κ1) is 24.1. The highest BCUT2D eigenvalue weighted by Crippen LogP contribution is 2.37. The van der Waals surface area contributed by atoms with Crippen LogP contribution >= 0.6 is 34.5 Å². The molecule has 8 heteroatoms. The molecule has 0 saturated carbocycles. The van der Waals surface area contributed by atoms with E-state index in [-0.39, 0.29) is 5.75 Å². The van der Waals surface area contributed by atoms with Crippen molar-refractivity contribution < 1.29 is 13.2 Å². The fraction of sp³-hybridized carbons (Fsp3) is 0.348. The number of carbonyl (C=O) groups excluding carboxylic acids is 1. The average Bonchev–Trinajstić information content (AvgIpc) is 3.06. The van der Waals surface area contributed by atoms with Crippen molar-refractivity contribution in [2.75, 3.05) is 5.75 Å². The van der Waals surface area contributed by atoms with E-state index in [1.165, 1.54) is 11.3 Å². The molecule has 1 amide bonds. The maximum atomic E-state index is 12.8. The van der Waals surface area contributed by atoms with Gasteiger partial charge in [-0.15, -0.1) is 11.3 Å². The molecular formula is C23H25Cl2NO3S2. The van der Waals surface area contributed by atoms with Crippen molar-refractivity contribution in [3.8, 4) is 0 Å². The van der Waals surface area contributed by atoms with Crippen molar-refractivity contribution >= 4 is 60.6 Å². The van der Waals surface area contributed by atoms with Gasteiger partial charge in [-0.05, 0) is 47.6 Å². The van der Waals surface area contributed by atoms with Gasteiger partial charge >= 0.3 is 0 Å². The van der Waals surface area contributed by atoms with Crippen molar-refractivity contribution in [1.29, 1.82) is 0 Å². The molecule has 0 radical (unpaired) electrons. The van der Waals surface area contributed by atoms with Crippen LogP contribution in [0.2, 0.25) is 10.0 Å². The first-order chi connectivity index (χ1) is 14.8. The largest absolute Gasteiger partial charge is 0.268 e. The number of aryl methyl sites for hydroxylation is 1. The molecule has 0 atom stereocenters. The lowest BCUT2D eigenvalue weighted by Gasteiger charge is -2.07. The number of amides is 1. The Morgan fingerprint density at radius 2 is 1.87 bits per heavy atom. The number of carbonyl (C=O) groups is 1. The van der Waals surface area contributed by atoms with Crippen LogP contribution in [0.5, 0.6) is 0 Å². The minimum atomic E-state index is -3.66. The molecule has 1 N–H and O–H groups in total. The van der Waals surface area contributed by atoms with Crippen LogP contribution in [0.3, 0.4) is 0 Å². The molecule has 0 aliphatic heterocycles. The minimum absolute atomic E-state index is 0.0481. The molecule has 0 spiro atoms. The van der Waals surface area contributed by atoms with Gasteiger partial charge in [0.1, 0.15) is 0 Å². The average molecular weight is 498 g/mol. The van der Waals surface area contributed by atoms with Crippen LogP contribution in [0.25, 0.3) is 10.1 Å². The summed E-state index contributed by atoms with van der Waals surface area (Å²) in [6.45, 7) is 4.07. The van der Waals surface area contributed by atoms with E-state index in [2.05, 4.69) is 11.6 Å². The van der Waals surface area contributed by atoms with Gasteiger partial charge in [0, 0.05) is 26.0 Å². The van der Waals surface area contributed by atoms with E-state index in [9.17, 15) is 13.2 Å². The molecule has 1 heterocycles. The lowest BCUT2D eigenvalue weighted by atomic mass is 10.0. The van der Waals surface area contributed by atoms with Crippen LogP contribution < -0.4 is 4.72 Å². The Hall–Kier alpha value is -1.60. The SMILES string of the molecule is CCCCCS(=O)(=O)NC(=O)c1cccc2c(CC)c(Cc3ccc(Cl)cc3Cl)sc12. The second kappa shape index (κ2) is 10.3. The quantitative estimate of drug-likeness (QED) is 0.338. The van der Waals surface area contributed by atoms with E-state index in [4.69, 9.17) is 23.2 Å². The number of thiophene rings is 1. The number of benzene rings is 2. The number of halogens is 2. The third-order valence-corrected chi connectivity index (χ3v) is 8.32. The topological polar surface area (TPSA) is 63.2 Å². The highest BCUT2D eigenvalue weighted by atomic mass is 35.5. The molecule has 0 saturated heterocycles. The van der Waals surface area contributed by atoms with Crippen molar-refractivity contribution in [1.82, 2.24) is 4.72 Å². The lowest BCUT2D eigenvalue weighted by Crippen LogP contribution is -2.32. The first-order valence-electron chi connectivity index (χ1n) is 10.3. The molecule has 2 aromatic carbocycles. The van der Waals surface area contributed by atoms with Gasteiger partial charge in [-0.3, -0.25) is 4.79 Å². The summed E-state index contributed by atoms with van der Waals surface area (Å²) in [5.41, 5.74) is 2.48. The fourth-order valence-corrected chi connectivity index (χ4v) is 6.53. The summed E-state index contributed by atoms with van der Waals surface area (Å²) in [6, 6.07) is 10.9. The molecule has 1 aromatic heterocycles. The van der Waals surface area contributed by atoms with Gasteiger partial charge in [0.25, 0.3) is 5.91 Å². The second-order valence-electron chi connectivity index (χ2n) is 7.41. The number of hydrogen-bond acceptors (Lipinski definition) is 4. The summed E-state index contributed by atoms with van der Waals surface area (Å²) in [4.78, 5) is 14.0. The van der Waals surface area contributed by atoms with Crippen LogP contribution in [0.1, 0.15) is 59.5 Å². The number of fused-ring (bicyclic) bond motifs is 1. The minimum Gasteiger partial charge on any atom is -0.268 e. The Morgan fingerprint density at radius 3 is 2.55 bits per heavy atom. The van der Waals surface area contributed by atoms with Crippen LogP contribution in [-0.4, -0.2) is 20.1 Å². The Labute approximate surface area is 197 Å². The lowest BCUT2D eigenvalue weighted by molar-refractivity contribution is 0.0983. The maximum absolute atomic E-state index is 12.8. The van der Waals surface area contributed by atoms with E-state index < -0.39 is 15.9 Å². The number of hydrogen-bond donors (Lipinski definition) is 1. The summed E-state index contributed by atoms with van der Waals surface area (Å²) >= 11 is 13.9. The Balaban J connectivity index is 1.95. The molecule has 0 fully saturated rings. The Kier molecular flexibility index (Phi) is 8.03. The molecule has 31 heavy (non-hydrogen) atoms. The molecule has 0 bridgehead atoms. The van der Waals surface area contributed by atoms with Crippen molar-refractivity contribution in [2.24, 2.45) is 0 Å². The molecule has 166 valence electrons. The highest BCUT2D eigenvalue weighted by Gasteiger charge is 2.21. The second-order valence-corrected chi connectivity index (χ2v) is 11.2. The summed E-state index contributed by atoms with van der Waals surface area (Å²) in [6.07, 6.45) is 3.67. The van der Waals surface area contributed by atoms with Gasteiger partial charge in [0.2, 0.25) is 10.0 Å². The fourth-order valence-electron chi connectivity index (χ4n) is 3.56. The Morgan fingerprint density at radius 1 is 1.10 bits per heavy atom. The predicted molar refractivity (Wildman–Crippen MR) is 131 cm³/mol. The van der Waals surface area contributed by atoms with Gasteiger partial charge in [0.15, 0.2) is 0 Å². The van der Waals surface area contributed by atoms with Crippen LogP contribution in [0.15, 0.2) is 36.4 Å². The van der Waals surface area contributed by atoms with E-state index >= 15 is 0 Å². The molecular weight excluding hydrogens is 473 g/mol. The molecule has 3 rings (SSSR count). The zero-order chi connectivity index (χ0) is 22.6. The molecule has 0 aliphatic rings. The van der Waals surface area contributed by atoms with Crippen LogP contribution in [0, 0.1) is 0 Å². The van der Waals surface area contributed by atoms with Gasteiger partial charge in [-0.1, -0.05) is 68.1 Å². The van der Waals surface area contributed by atoms with Crippen molar-refractivity contribution in [2.45, 2.75) is 46.0 Å². The third kappa shape index (κ3) is 5.80. The van der Waals surface area contributed by atoms with E-state index in [0.29, 0.717) is 28.5 Å². The third-order valence-electron chi connectivity index (χ3n) is 5.13. The highest BCUT2D eigenvalue weighted by molar-refractivity contribution is 7.90. The molecule has 0 aliphatic carbocycles.